The summed E-state index contributed by atoms with van der Waals surface area (Å²) in [7, 11) is 0. The second-order valence-electron chi connectivity index (χ2n) is 6.03. The van der Waals surface area contributed by atoms with Crippen molar-refractivity contribution >= 4 is 46.4 Å². The molecule has 1 N–H and O–H groups in total. The predicted octanol–water partition coefficient (Wildman–Crippen LogP) is 5.25. The molecule has 0 heterocycles. The van der Waals surface area contributed by atoms with Gasteiger partial charge in [0.1, 0.15) is 0 Å². The molecule has 0 unspecified atom stereocenters. The Kier molecular flexibility index (Phi) is 7.06. The third-order valence-corrected chi connectivity index (χ3v) is 4.67. The van der Waals surface area contributed by atoms with Gasteiger partial charge < -0.3 is 10.2 Å². The molecule has 2 rings (SSSR count). The molecular weight excluding hydrogens is 371 g/mol. The van der Waals surface area contributed by atoms with Crippen molar-refractivity contribution in [3.8, 4) is 0 Å². The molecule has 0 spiro atoms. The highest BCUT2D eigenvalue weighted by molar-refractivity contribution is 6.36. The van der Waals surface area contributed by atoms with Crippen molar-refractivity contribution in [2.75, 3.05) is 16.8 Å². The first-order valence-corrected chi connectivity index (χ1v) is 9.20. The first-order chi connectivity index (χ1) is 12.3. The molecule has 0 saturated heterocycles. The van der Waals surface area contributed by atoms with E-state index >= 15 is 0 Å². The van der Waals surface area contributed by atoms with Gasteiger partial charge in [-0.2, -0.15) is 0 Å². The molecule has 138 valence electrons. The molecule has 0 radical (unpaired) electrons. The number of nitrogens with zero attached hydrogens (tertiary/aromatic N) is 1. The highest BCUT2D eigenvalue weighted by Gasteiger charge is 2.18. The lowest BCUT2D eigenvalue weighted by Crippen LogP contribution is -2.33. The molecule has 2 aromatic carbocycles. The minimum Gasteiger partial charge on any atom is -0.325 e. The van der Waals surface area contributed by atoms with E-state index in [1.54, 1.807) is 23.1 Å². The Morgan fingerprint density at radius 3 is 2.50 bits per heavy atom. The summed E-state index contributed by atoms with van der Waals surface area (Å²) in [5, 5.41) is 3.64. The van der Waals surface area contributed by atoms with Crippen molar-refractivity contribution in [1.82, 2.24) is 0 Å². The Labute approximate surface area is 164 Å². The van der Waals surface area contributed by atoms with Gasteiger partial charge in [0, 0.05) is 30.6 Å². The highest BCUT2D eigenvalue weighted by Crippen LogP contribution is 2.27. The molecule has 0 aliphatic carbocycles. The largest absolute Gasteiger partial charge is 0.325 e. The molecule has 0 fully saturated rings. The van der Waals surface area contributed by atoms with Crippen LogP contribution in [0.4, 0.5) is 11.4 Å². The maximum atomic E-state index is 12.3. The Bertz CT molecular complexity index is 821. The van der Waals surface area contributed by atoms with E-state index in [9.17, 15) is 9.59 Å². The first kappa shape index (κ1) is 20.3. The van der Waals surface area contributed by atoms with E-state index in [1.807, 2.05) is 32.0 Å². The van der Waals surface area contributed by atoms with E-state index in [4.69, 9.17) is 23.2 Å². The molecule has 0 atom stereocenters. The van der Waals surface area contributed by atoms with Crippen molar-refractivity contribution in [3.63, 3.8) is 0 Å². The number of nitrogens with one attached hydrogen (secondary N) is 1. The molecule has 2 amide bonds. The number of aryl methyl sites for hydroxylation is 2. The van der Waals surface area contributed by atoms with Crippen molar-refractivity contribution < 1.29 is 9.59 Å². The van der Waals surface area contributed by atoms with E-state index in [-0.39, 0.29) is 18.2 Å². The van der Waals surface area contributed by atoms with E-state index in [0.29, 0.717) is 22.3 Å². The summed E-state index contributed by atoms with van der Waals surface area (Å²) in [4.78, 5) is 26.2. The summed E-state index contributed by atoms with van der Waals surface area (Å²) in [6, 6.07) is 10.8. The number of halogens is 2. The number of anilines is 2. The Hall–Kier alpha value is -2.04. The molecule has 0 aliphatic rings. The van der Waals surface area contributed by atoms with Crippen LogP contribution < -0.4 is 10.2 Å². The van der Waals surface area contributed by atoms with E-state index < -0.39 is 0 Å². The van der Waals surface area contributed by atoms with Crippen LogP contribution in [-0.2, 0) is 16.0 Å². The number of para-hydroxylation sites is 1. The smallest absolute Gasteiger partial charge is 0.226 e. The predicted molar refractivity (Wildman–Crippen MR) is 108 cm³/mol. The summed E-state index contributed by atoms with van der Waals surface area (Å²) in [5.41, 5.74) is 3.49. The van der Waals surface area contributed by atoms with Gasteiger partial charge in [0.15, 0.2) is 0 Å². The number of benzene rings is 2. The molecule has 2 aromatic rings. The minimum absolute atomic E-state index is 0.0914. The fourth-order valence-corrected chi connectivity index (χ4v) is 3.29. The lowest BCUT2D eigenvalue weighted by atomic mass is 10.0. The Balaban J connectivity index is 2.12. The SMILES string of the molecule is CCc1cccc(C)c1N(CCC(=O)Nc1ccc(Cl)cc1Cl)C(C)=O. The van der Waals surface area contributed by atoms with Gasteiger partial charge in [0.25, 0.3) is 0 Å². The van der Waals surface area contributed by atoms with Crippen LogP contribution >= 0.6 is 23.2 Å². The second-order valence-corrected chi connectivity index (χ2v) is 6.87. The maximum Gasteiger partial charge on any atom is 0.226 e. The van der Waals surface area contributed by atoms with Crippen LogP contribution in [0.15, 0.2) is 36.4 Å². The van der Waals surface area contributed by atoms with Crippen LogP contribution in [0.25, 0.3) is 0 Å². The molecule has 0 aliphatic heterocycles. The van der Waals surface area contributed by atoms with E-state index in [0.717, 1.165) is 23.2 Å². The second kappa shape index (κ2) is 9.06. The quantitative estimate of drug-likeness (QED) is 0.729. The van der Waals surface area contributed by atoms with Crippen molar-refractivity contribution in [2.45, 2.75) is 33.6 Å². The van der Waals surface area contributed by atoms with Crippen LogP contribution in [0.5, 0.6) is 0 Å². The van der Waals surface area contributed by atoms with E-state index in [2.05, 4.69) is 5.32 Å². The van der Waals surface area contributed by atoms with Crippen molar-refractivity contribution in [3.05, 3.63) is 57.6 Å². The van der Waals surface area contributed by atoms with Gasteiger partial charge >= 0.3 is 0 Å². The molecule has 0 bridgehead atoms. The summed E-state index contributed by atoms with van der Waals surface area (Å²) >= 11 is 11.9. The highest BCUT2D eigenvalue weighted by atomic mass is 35.5. The monoisotopic (exact) mass is 392 g/mol. The number of hydrogen-bond acceptors (Lipinski definition) is 2. The molecular formula is C20H22Cl2N2O2. The van der Waals surface area contributed by atoms with Crippen LogP contribution in [0.3, 0.4) is 0 Å². The third-order valence-electron chi connectivity index (χ3n) is 4.12. The average molecular weight is 393 g/mol. The van der Waals surface area contributed by atoms with Crippen LogP contribution in [0.1, 0.15) is 31.4 Å². The first-order valence-electron chi connectivity index (χ1n) is 8.45. The zero-order valence-corrected chi connectivity index (χ0v) is 16.6. The normalized spacial score (nSPS) is 10.5. The molecule has 0 saturated carbocycles. The van der Waals surface area contributed by atoms with Crippen molar-refractivity contribution in [1.29, 1.82) is 0 Å². The number of carbonyl (C=O) groups is 2. The van der Waals surface area contributed by atoms with Gasteiger partial charge in [-0.05, 0) is 42.7 Å². The fraction of sp³-hybridized carbons (Fsp3) is 0.300. The number of rotatable bonds is 6. The summed E-state index contributed by atoms with van der Waals surface area (Å²) in [5.74, 6) is -0.307. The summed E-state index contributed by atoms with van der Waals surface area (Å²) in [6.45, 7) is 5.83. The average Bonchev–Trinajstić information content (AvgIpc) is 2.58. The van der Waals surface area contributed by atoms with Gasteiger partial charge in [-0.3, -0.25) is 9.59 Å². The number of carbonyl (C=O) groups excluding carboxylic acids is 2. The van der Waals surface area contributed by atoms with Gasteiger partial charge in [-0.1, -0.05) is 48.3 Å². The van der Waals surface area contributed by atoms with Gasteiger partial charge in [0.2, 0.25) is 11.8 Å². The fourth-order valence-electron chi connectivity index (χ4n) is 2.83. The summed E-state index contributed by atoms with van der Waals surface area (Å²) < 4.78 is 0. The number of hydrogen-bond donors (Lipinski definition) is 1. The molecule has 0 aromatic heterocycles. The zero-order chi connectivity index (χ0) is 19.3. The maximum absolute atomic E-state index is 12.3. The van der Waals surface area contributed by atoms with Gasteiger partial charge in [-0.25, -0.2) is 0 Å². The third kappa shape index (κ3) is 4.99. The van der Waals surface area contributed by atoms with Gasteiger partial charge in [-0.15, -0.1) is 0 Å². The lowest BCUT2D eigenvalue weighted by Gasteiger charge is -2.25. The van der Waals surface area contributed by atoms with Gasteiger partial charge in [0.05, 0.1) is 10.7 Å². The topological polar surface area (TPSA) is 49.4 Å². The molecule has 4 nitrogen and oxygen atoms in total. The Morgan fingerprint density at radius 1 is 1.15 bits per heavy atom. The Morgan fingerprint density at radius 2 is 1.88 bits per heavy atom. The standard InChI is InChI=1S/C20H22Cl2N2O2/c1-4-15-7-5-6-13(2)20(15)24(14(3)25)11-10-19(26)23-18-9-8-16(21)12-17(18)22/h5-9,12H,4,10-11H2,1-3H3,(H,23,26). The van der Waals surface area contributed by atoms with Crippen molar-refractivity contribution in [2.24, 2.45) is 0 Å². The minimum atomic E-state index is -0.216. The number of amides is 2. The lowest BCUT2D eigenvalue weighted by molar-refractivity contribution is -0.117. The summed E-state index contributed by atoms with van der Waals surface area (Å²) in [6.07, 6.45) is 0.976. The van der Waals surface area contributed by atoms with Crippen LogP contribution in [0.2, 0.25) is 10.0 Å². The van der Waals surface area contributed by atoms with Crippen LogP contribution in [0, 0.1) is 6.92 Å². The van der Waals surface area contributed by atoms with Crippen LogP contribution in [-0.4, -0.2) is 18.4 Å². The zero-order valence-electron chi connectivity index (χ0n) is 15.1. The van der Waals surface area contributed by atoms with E-state index in [1.165, 1.54) is 6.92 Å². The molecule has 26 heavy (non-hydrogen) atoms. The molecule has 6 heteroatoms.